The first-order valence-corrected chi connectivity index (χ1v) is 4.79. The quantitative estimate of drug-likeness (QED) is 0.660. The largest absolute Gasteiger partial charge is 0.295 e. The summed E-state index contributed by atoms with van der Waals surface area (Å²) in [7, 11) is 0. The first-order valence-electron chi connectivity index (χ1n) is 3.91. The van der Waals surface area contributed by atoms with Crippen LogP contribution in [-0.4, -0.2) is 10.8 Å². The van der Waals surface area contributed by atoms with Gasteiger partial charge >= 0.3 is 0 Å². The van der Waals surface area contributed by atoms with Crippen LogP contribution in [0.15, 0.2) is 11.1 Å². The number of carbonyl (C=O) groups excluding carboxylic acids is 1. The Morgan fingerprint density at radius 2 is 2.42 bits per heavy atom. The monoisotopic (exact) mass is 179 g/mol. The number of carbonyl (C=O) groups is 1. The van der Waals surface area contributed by atoms with E-state index in [4.69, 9.17) is 0 Å². The van der Waals surface area contributed by atoms with Gasteiger partial charge in [-0.3, -0.25) is 4.79 Å². The molecule has 12 heavy (non-hydrogen) atoms. The first-order chi connectivity index (χ1) is 5.77. The zero-order valence-electron chi connectivity index (χ0n) is 6.83. The lowest BCUT2D eigenvalue weighted by Crippen LogP contribution is -2.03. The highest BCUT2D eigenvalue weighted by Crippen LogP contribution is 2.26. The molecule has 0 fully saturated rings. The van der Waals surface area contributed by atoms with Crippen molar-refractivity contribution < 1.29 is 4.79 Å². The number of rotatable bonds is 1. The zero-order valence-corrected chi connectivity index (χ0v) is 7.65. The summed E-state index contributed by atoms with van der Waals surface area (Å²) in [6, 6.07) is 0. The number of hydrogen-bond donors (Lipinski definition) is 0. The fourth-order valence-corrected chi connectivity index (χ4v) is 2.14. The van der Waals surface area contributed by atoms with E-state index in [-0.39, 0.29) is 5.78 Å². The summed E-state index contributed by atoms with van der Waals surface area (Å²) in [5, 5.41) is 0. The Morgan fingerprint density at radius 3 is 3.17 bits per heavy atom. The summed E-state index contributed by atoms with van der Waals surface area (Å²) in [6.07, 6.45) is 3.75. The van der Waals surface area contributed by atoms with Crippen molar-refractivity contribution in [1.82, 2.24) is 4.98 Å². The minimum atomic E-state index is 0.189. The van der Waals surface area contributed by atoms with Gasteiger partial charge in [-0.15, -0.1) is 11.3 Å². The van der Waals surface area contributed by atoms with Gasteiger partial charge in [0.05, 0.1) is 16.1 Å². The van der Waals surface area contributed by atoms with Gasteiger partial charge in [0.25, 0.3) is 0 Å². The Morgan fingerprint density at radius 1 is 1.58 bits per heavy atom. The van der Waals surface area contributed by atoms with Crippen LogP contribution >= 0.6 is 11.3 Å². The standard InChI is InChI=1S/C9H9NOS/c1-6(11)7-2-3-8-9(4-7)12-5-10-8/h4-5H,2-3H2,1H3. The molecule has 0 aromatic carbocycles. The van der Waals surface area contributed by atoms with Gasteiger partial charge in [0, 0.05) is 0 Å². The Labute approximate surface area is 74.9 Å². The smallest absolute Gasteiger partial charge is 0.155 e. The number of hydrogen-bond acceptors (Lipinski definition) is 3. The topological polar surface area (TPSA) is 30.0 Å². The SMILES string of the molecule is CC(=O)C1=Cc2scnc2CC1. The maximum absolute atomic E-state index is 11.0. The third kappa shape index (κ3) is 1.20. The van der Waals surface area contributed by atoms with Gasteiger partial charge in [-0.05, 0) is 31.4 Å². The molecule has 0 radical (unpaired) electrons. The second-order valence-corrected chi connectivity index (χ2v) is 3.78. The maximum atomic E-state index is 11.0. The van der Waals surface area contributed by atoms with Crippen LogP contribution in [-0.2, 0) is 11.2 Å². The second kappa shape index (κ2) is 2.83. The highest BCUT2D eigenvalue weighted by molar-refractivity contribution is 7.10. The number of ketones is 1. The Hall–Kier alpha value is -0.960. The van der Waals surface area contributed by atoms with Gasteiger partial charge in [0.2, 0.25) is 0 Å². The molecule has 0 bridgehead atoms. The molecular weight excluding hydrogens is 170 g/mol. The lowest BCUT2D eigenvalue weighted by Gasteiger charge is -2.08. The molecule has 2 nitrogen and oxygen atoms in total. The summed E-state index contributed by atoms with van der Waals surface area (Å²) in [4.78, 5) is 16.4. The summed E-state index contributed by atoms with van der Waals surface area (Å²) in [5.74, 6) is 0.189. The molecule has 0 saturated heterocycles. The van der Waals surface area contributed by atoms with Crippen molar-refractivity contribution >= 4 is 23.2 Å². The highest BCUT2D eigenvalue weighted by atomic mass is 32.1. The molecule has 1 heterocycles. The fraction of sp³-hybridized carbons (Fsp3) is 0.333. The second-order valence-electron chi connectivity index (χ2n) is 2.89. The molecule has 0 aliphatic heterocycles. The van der Waals surface area contributed by atoms with Gasteiger partial charge < -0.3 is 0 Å². The fourth-order valence-electron chi connectivity index (χ4n) is 1.34. The number of thiazole rings is 1. The van der Waals surface area contributed by atoms with E-state index in [2.05, 4.69) is 4.98 Å². The molecule has 62 valence electrons. The van der Waals surface area contributed by atoms with Crippen LogP contribution in [0.4, 0.5) is 0 Å². The molecule has 1 aliphatic carbocycles. The lowest BCUT2D eigenvalue weighted by molar-refractivity contribution is -0.113. The van der Waals surface area contributed by atoms with Gasteiger partial charge in [-0.2, -0.15) is 0 Å². The third-order valence-corrected chi connectivity index (χ3v) is 2.88. The Balaban J connectivity index is 2.41. The normalized spacial score (nSPS) is 15.2. The lowest BCUT2D eigenvalue weighted by atomic mass is 9.99. The number of aryl methyl sites for hydroxylation is 1. The third-order valence-electron chi connectivity index (χ3n) is 2.06. The molecule has 0 N–H and O–H groups in total. The number of Topliss-reactive ketones (excluding diaryl/α,β-unsaturated/α-hetero) is 1. The van der Waals surface area contributed by atoms with E-state index in [0.29, 0.717) is 0 Å². The summed E-state index contributed by atoms with van der Waals surface area (Å²) in [5.41, 5.74) is 3.92. The van der Waals surface area contributed by atoms with Gasteiger partial charge in [-0.25, -0.2) is 4.98 Å². The number of fused-ring (bicyclic) bond motifs is 1. The molecule has 0 amide bonds. The molecule has 0 unspecified atom stereocenters. The van der Waals surface area contributed by atoms with E-state index in [1.165, 1.54) is 0 Å². The van der Waals surface area contributed by atoms with Crippen LogP contribution < -0.4 is 0 Å². The first kappa shape index (κ1) is 7.68. The number of aromatic nitrogens is 1. The molecular formula is C9H9NOS. The van der Waals surface area contributed by atoms with Crippen LogP contribution in [0.1, 0.15) is 23.9 Å². The van der Waals surface area contributed by atoms with Gasteiger partial charge in [-0.1, -0.05) is 0 Å². The van der Waals surface area contributed by atoms with Gasteiger partial charge in [0.1, 0.15) is 0 Å². The van der Waals surface area contributed by atoms with Crippen molar-refractivity contribution in [2.45, 2.75) is 19.8 Å². The van der Waals surface area contributed by atoms with E-state index in [9.17, 15) is 4.79 Å². The average molecular weight is 179 g/mol. The van der Waals surface area contributed by atoms with Crippen molar-refractivity contribution in [1.29, 1.82) is 0 Å². The molecule has 1 aromatic rings. The molecule has 0 saturated carbocycles. The van der Waals surface area contributed by atoms with E-state index in [1.54, 1.807) is 18.3 Å². The number of allylic oxidation sites excluding steroid dienone is 1. The van der Waals surface area contributed by atoms with E-state index in [1.807, 2.05) is 11.6 Å². The molecule has 2 rings (SSSR count). The van der Waals surface area contributed by atoms with Crippen LogP contribution in [0.2, 0.25) is 0 Å². The van der Waals surface area contributed by atoms with Crippen LogP contribution in [0.5, 0.6) is 0 Å². The number of nitrogens with zero attached hydrogens (tertiary/aromatic N) is 1. The summed E-state index contributed by atoms with van der Waals surface area (Å²) in [6.45, 7) is 1.62. The molecule has 0 spiro atoms. The predicted octanol–water partition coefficient (Wildman–Crippen LogP) is 2.06. The zero-order chi connectivity index (χ0) is 8.55. The van der Waals surface area contributed by atoms with Crippen molar-refractivity contribution in [3.05, 3.63) is 21.7 Å². The average Bonchev–Trinajstić information content (AvgIpc) is 2.49. The maximum Gasteiger partial charge on any atom is 0.155 e. The van der Waals surface area contributed by atoms with Crippen molar-refractivity contribution in [2.24, 2.45) is 0 Å². The highest BCUT2D eigenvalue weighted by Gasteiger charge is 2.14. The minimum absolute atomic E-state index is 0.189. The van der Waals surface area contributed by atoms with Gasteiger partial charge in [0.15, 0.2) is 5.78 Å². The molecule has 1 aliphatic rings. The summed E-state index contributed by atoms with van der Waals surface area (Å²) >= 11 is 1.61. The molecule has 3 heteroatoms. The van der Waals surface area contributed by atoms with Crippen molar-refractivity contribution in [3.8, 4) is 0 Å². The van der Waals surface area contributed by atoms with E-state index >= 15 is 0 Å². The van der Waals surface area contributed by atoms with Crippen molar-refractivity contribution in [3.63, 3.8) is 0 Å². The van der Waals surface area contributed by atoms with E-state index in [0.717, 1.165) is 29.0 Å². The van der Waals surface area contributed by atoms with Crippen LogP contribution in [0.3, 0.4) is 0 Å². The molecule has 1 aromatic heterocycles. The van der Waals surface area contributed by atoms with Crippen LogP contribution in [0.25, 0.3) is 6.08 Å². The Bertz CT molecular complexity index is 351. The predicted molar refractivity (Wildman–Crippen MR) is 49.1 cm³/mol. The summed E-state index contributed by atoms with van der Waals surface area (Å²) < 4.78 is 0. The van der Waals surface area contributed by atoms with E-state index < -0.39 is 0 Å². The minimum Gasteiger partial charge on any atom is -0.295 e. The Kier molecular flexibility index (Phi) is 1.81. The van der Waals surface area contributed by atoms with Crippen LogP contribution in [0, 0.1) is 0 Å². The van der Waals surface area contributed by atoms with Crippen molar-refractivity contribution in [2.75, 3.05) is 0 Å². The molecule has 0 atom stereocenters.